The van der Waals surface area contributed by atoms with Crippen molar-refractivity contribution in [1.82, 2.24) is 4.90 Å². The van der Waals surface area contributed by atoms with Gasteiger partial charge in [-0.2, -0.15) is 0 Å². The van der Waals surface area contributed by atoms with Crippen molar-refractivity contribution in [3.8, 4) is 0 Å². The molecule has 0 radical (unpaired) electrons. The minimum atomic E-state index is -1.65. The van der Waals surface area contributed by atoms with Crippen LogP contribution in [-0.4, -0.2) is 36.3 Å². The van der Waals surface area contributed by atoms with Crippen molar-refractivity contribution in [3.05, 3.63) is 59.4 Å². The lowest BCUT2D eigenvalue weighted by atomic mass is 10.2. The van der Waals surface area contributed by atoms with E-state index < -0.39 is 29.0 Å². The molecule has 0 aliphatic rings. The van der Waals surface area contributed by atoms with E-state index in [1.165, 1.54) is 0 Å². The molecule has 0 aliphatic carbocycles. The van der Waals surface area contributed by atoms with Crippen LogP contribution >= 0.6 is 0 Å². The Morgan fingerprint density at radius 1 is 0.893 bits per heavy atom. The van der Waals surface area contributed by atoms with Gasteiger partial charge in [-0.05, 0) is 43.7 Å². The number of carbonyl (C=O) groups excluding carboxylic acids is 2. The molecule has 2 amide bonds. The normalized spacial score (nSPS) is 10.8. The van der Waals surface area contributed by atoms with E-state index >= 15 is 0 Å². The Labute approximate surface area is 161 Å². The molecule has 0 bridgehead atoms. The van der Waals surface area contributed by atoms with E-state index in [1.54, 1.807) is 17.0 Å². The highest BCUT2D eigenvalue weighted by molar-refractivity contribution is 5.95. The first-order valence-electron chi connectivity index (χ1n) is 8.83. The van der Waals surface area contributed by atoms with Gasteiger partial charge in [-0.1, -0.05) is 25.1 Å². The number of nitrogens with zero attached hydrogens (tertiary/aromatic N) is 1. The molecule has 0 aromatic heterocycles. The maximum atomic E-state index is 13.7. The van der Waals surface area contributed by atoms with E-state index in [0.29, 0.717) is 18.7 Å². The summed E-state index contributed by atoms with van der Waals surface area (Å²) in [6, 6.07) is 8.97. The van der Waals surface area contributed by atoms with Crippen LogP contribution in [0.5, 0.6) is 0 Å². The maximum Gasteiger partial charge on any atom is 0.238 e. The van der Waals surface area contributed by atoms with E-state index in [2.05, 4.69) is 10.6 Å². The minimum Gasteiger partial charge on any atom is -0.325 e. The third kappa shape index (κ3) is 5.82. The fourth-order valence-electron chi connectivity index (χ4n) is 2.65. The van der Waals surface area contributed by atoms with Gasteiger partial charge in [0.1, 0.15) is 0 Å². The number of amides is 2. The van der Waals surface area contributed by atoms with Crippen molar-refractivity contribution < 1.29 is 22.8 Å². The summed E-state index contributed by atoms with van der Waals surface area (Å²) >= 11 is 0. The number of hydrogen-bond donors (Lipinski definition) is 2. The topological polar surface area (TPSA) is 61.4 Å². The summed E-state index contributed by atoms with van der Waals surface area (Å²) in [5, 5.41) is 4.99. The van der Waals surface area contributed by atoms with Gasteiger partial charge in [0, 0.05) is 5.69 Å². The van der Waals surface area contributed by atoms with Gasteiger partial charge in [0.05, 0.1) is 18.8 Å². The minimum absolute atomic E-state index is 0.0458. The van der Waals surface area contributed by atoms with Gasteiger partial charge in [0.2, 0.25) is 11.8 Å². The maximum absolute atomic E-state index is 13.7. The fourth-order valence-corrected chi connectivity index (χ4v) is 2.65. The second-order valence-electron chi connectivity index (χ2n) is 6.34. The number of aryl methyl sites for hydroxylation is 1. The predicted molar refractivity (Wildman–Crippen MR) is 101 cm³/mol. The van der Waals surface area contributed by atoms with E-state index in [0.717, 1.165) is 17.7 Å². The Bertz CT molecular complexity index is 859. The van der Waals surface area contributed by atoms with Crippen molar-refractivity contribution in [2.45, 2.75) is 20.3 Å². The zero-order valence-electron chi connectivity index (χ0n) is 15.7. The summed E-state index contributed by atoms with van der Waals surface area (Å²) in [7, 11) is 0. The van der Waals surface area contributed by atoms with Crippen molar-refractivity contribution >= 4 is 23.2 Å². The fraction of sp³-hybridized carbons (Fsp3) is 0.300. The molecule has 0 atom stereocenters. The van der Waals surface area contributed by atoms with Crippen LogP contribution in [-0.2, 0) is 9.59 Å². The summed E-state index contributed by atoms with van der Waals surface area (Å²) < 4.78 is 39.9. The first kappa shape index (κ1) is 21.4. The number of anilines is 2. The molecule has 0 heterocycles. The molecule has 150 valence electrons. The van der Waals surface area contributed by atoms with E-state index in [9.17, 15) is 22.8 Å². The van der Waals surface area contributed by atoms with Crippen LogP contribution in [0.4, 0.5) is 24.5 Å². The first-order valence-corrected chi connectivity index (χ1v) is 8.83. The number of carbonyl (C=O) groups is 2. The lowest BCUT2D eigenvalue weighted by molar-refractivity contribution is -0.120. The third-order valence-corrected chi connectivity index (χ3v) is 4.00. The number of para-hydroxylation sites is 1. The molecule has 0 unspecified atom stereocenters. The molecule has 28 heavy (non-hydrogen) atoms. The van der Waals surface area contributed by atoms with Crippen LogP contribution < -0.4 is 10.6 Å². The highest BCUT2D eigenvalue weighted by Gasteiger charge is 2.18. The monoisotopic (exact) mass is 393 g/mol. The van der Waals surface area contributed by atoms with Gasteiger partial charge in [-0.25, -0.2) is 13.2 Å². The molecule has 0 saturated carbocycles. The Morgan fingerprint density at radius 3 is 2.11 bits per heavy atom. The van der Waals surface area contributed by atoms with Crippen LogP contribution in [0, 0.1) is 24.4 Å². The van der Waals surface area contributed by atoms with E-state index in [1.807, 2.05) is 26.0 Å². The largest absolute Gasteiger partial charge is 0.325 e. The molecule has 0 aliphatic heterocycles. The second-order valence-corrected chi connectivity index (χ2v) is 6.34. The smallest absolute Gasteiger partial charge is 0.238 e. The predicted octanol–water partition coefficient (Wildman–Crippen LogP) is 3.70. The Kier molecular flexibility index (Phi) is 7.57. The van der Waals surface area contributed by atoms with Crippen LogP contribution in [0.1, 0.15) is 18.9 Å². The quantitative estimate of drug-likeness (QED) is 0.673. The van der Waals surface area contributed by atoms with Gasteiger partial charge in [0.25, 0.3) is 0 Å². The number of rotatable bonds is 8. The molecule has 0 spiro atoms. The molecule has 2 aromatic carbocycles. The number of halogens is 3. The van der Waals surface area contributed by atoms with E-state index in [-0.39, 0.29) is 19.0 Å². The Morgan fingerprint density at radius 2 is 1.50 bits per heavy atom. The Balaban J connectivity index is 1.98. The average Bonchev–Trinajstić information content (AvgIpc) is 2.64. The number of nitrogens with one attached hydrogen (secondary N) is 2. The molecule has 0 saturated heterocycles. The van der Waals surface area contributed by atoms with Gasteiger partial charge in [0.15, 0.2) is 17.5 Å². The standard InChI is InChI=1S/C20H22F3N3O2/c1-3-10-26(11-17(27)24-15-7-5-4-6-13(15)2)12-18(28)25-16-9-8-14(21)19(22)20(16)23/h4-9H,3,10-12H2,1-2H3,(H,24,27)(H,25,28). The second kappa shape index (κ2) is 9.89. The molecule has 0 fully saturated rings. The van der Waals surface area contributed by atoms with Gasteiger partial charge < -0.3 is 10.6 Å². The molecule has 2 aromatic rings. The van der Waals surface area contributed by atoms with Crippen LogP contribution in [0.25, 0.3) is 0 Å². The van der Waals surface area contributed by atoms with Crippen molar-refractivity contribution in [3.63, 3.8) is 0 Å². The van der Waals surface area contributed by atoms with E-state index in [4.69, 9.17) is 0 Å². The lowest BCUT2D eigenvalue weighted by Crippen LogP contribution is -2.39. The van der Waals surface area contributed by atoms with Crippen LogP contribution in [0.2, 0.25) is 0 Å². The highest BCUT2D eigenvalue weighted by atomic mass is 19.2. The summed E-state index contributed by atoms with van der Waals surface area (Å²) in [4.78, 5) is 26.0. The zero-order valence-corrected chi connectivity index (χ0v) is 15.7. The average molecular weight is 393 g/mol. The van der Waals surface area contributed by atoms with Crippen LogP contribution in [0.15, 0.2) is 36.4 Å². The van der Waals surface area contributed by atoms with Gasteiger partial charge in [-0.3, -0.25) is 14.5 Å². The molecule has 2 rings (SSSR count). The number of benzene rings is 2. The molecule has 2 N–H and O–H groups in total. The Hall–Kier alpha value is -2.87. The van der Waals surface area contributed by atoms with Gasteiger partial charge in [-0.15, -0.1) is 0 Å². The molecular formula is C20H22F3N3O2. The summed E-state index contributed by atoms with van der Waals surface area (Å²) in [5.74, 6) is -5.39. The summed E-state index contributed by atoms with van der Waals surface area (Å²) in [5.41, 5.74) is 1.13. The third-order valence-electron chi connectivity index (χ3n) is 4.00. The zero-order chi connectivity index (χ0) is 20.7. The molecule has 5 nitrogen and oxygen atoms in total. The van der Waals surface area contributed by atoms with Crippen molar-refractivity contribution in [2.24, 2.45) is 0 Å². The summed E-state index contributed by atoms with van der Waals surface area (Å²) in [6.07, 6.45) is 0.685. The van der Waals surface area contributed by atoms with Crippen molar-refractivity contribution in [1.29, 1.82) is 0 Å². The van der Waals surface area contributed by atoms with Crippen LogP contribution in [0.3, 0.4) is 0 Å². The van der Waals surface area contributed by atoms with Crippen molar-refractivity contribution in [2.75, 3.05) is 30.3 Å². The first-order chi connectivity index (χ1) is 13.3. The molecule has 8 heteroatoms. The van der Waals surface area contributed by atoms with Gasteiger partial charge >= 0.3 is 0 Å². The highest BCUT2D eigenvalue weighted by Crippen LogP contribution is 2.19. The lowest BCUT2D eigenvalue weighted by Gasteiger charge is -2.21. The SMILES string of the molecule is CCCN(CC(=O)Nc1ccccc1C)CC(=O)Nc1ccc(F)c(F)c1F. The number of hydrogen-bond acceptors (Lipinski definition) is 3. The summed E-state index contributed by atoms with van der Waals surface area (Å²) in [6.45, 7) is 3.96. The molecular weight excluding hydrogens is 371 g/mol.